The van der Waals surface area contributed by atoms with E-state index in [9.17, 15) is 4.79 Å². The summed E-state index contributed by atoms with van der Waals surface area (Å²) in [5.74, 6) is -0.171. The van der Waals surface area contributed by atoms with Crippen molar-refractivity contribution >= 4 is 11.6 Å². The number of likely N-dealkylation sites (N-methyl/N-ethyl adjacent to an activating group) is 1. The van der Waals surface area contributed by atoms with Crippen LogP contribution in [0.15, 0.2) is 78.2 Å². The molecule has 5 heteroatoms. The van der Waals surface area contributed by atoms with Gasteiger partial charge in [-0.1, -0.05) is 57.7 Å². The van der Waals surface area contributed by atoms with Crippen LogP contribution >= 0.6 is 0 Å². The molecule has 0 fully saturated rings. The summed E-state index contributed by atoms with van der Waals surface area (Å²) < 4.78 is 6.26. The third-order valence-corrected chi connectivity index (χ3v) is 5.49. The molecule has 0 spiro atoms. The first kappa shape index (κ1) is 25.5. The van der Waals surface area contributed by atoms with Crippen molar-refractivity contribution in [3.05, 3.63) is 83.7 Å². The Kier molecular flexibility index (Phi) is 10.8. The van der Waals surface area contributed by atoms with E-state index in [-0.39, 0.29) is 12.0 Å². The minimum Gasteiger partial charge on any atom is -0.369 e. The van der Waals surface area contributed by atoms with E-state index in [1.54, 1.807) is 18.5 Å². The average Bonchev–Trinajstić information content (AvgIpc) is 2.82. The monoisotopic (exact) mass is 435 g/mol. The number of pyridine rings is 1. The number of nitrogens with zero attached hydrogens (tertiary/aromatic N) is 2. The number of hydrogen-bond donors (Lipinski definition) is 1. The average molecular weight is 436 g/mol. The molecule has 32 heavy (non-hydrogen) atoms. The number of benzene rings is 1. The predicted molar refractivity (Wildman–Crippen MR) is 132 cm³/mol. The van der Waals surface area contributed by atoms with Gasteiger partial charge in [0.15, 0.2) is 0 Å². The fraction of sp³-hybridized carbons (Fsp3) is 0.407. The van der Waals surface area contributed by atoms with Crippen LogP contribution in [0, 0.1) is 0 Å². The highest BCUT2D eigenvalue weighted by atomic mass is 16.5. The van der Waals surface area contributed by atoms with E-state index in [0.717, 1.165) is 42.8 Å². The van der Waals surface area contributed by atoms with E-state index in [1.165, 1.54) is 0 Å². The summed E-state index contributed by atoms with van der Waals surface area (Å²) in [5.41, 5.74) is 4.20. The maximum Gasteiger partial charge on any atom is 0.254 e. The first-order chi connectivity index (χ1) is 15.5. The van der Waals surface area contributed by atoms with Gasteiger partial charge in [-0.2, -0.15) is 0 Å². The van der Waals surface area contributed by atoms with Crippen LogP contribution in [-0.2, 0) is 16.1 Å². The van der Waals surface area contributed by atoms with Crippen molar-refractivity contribution in [2.45, 2.75) is 53.2 Å². The lowest BCUT2D eigenvalue weighted by Gasteiger charge is -2.25. The molecule has 0 bridgehead atoms. The van der Waals surface area contributed by atoms with Gasteiger partial charge in [0.25, 0.3) is 5.91 Å². The SMILES string of the molecule is C=C(CN(CC)CCC)C(C)=C(C(=O)Nc1cccnc1)C(CC)OCc1ccccc1. The third-order valence-electron chi connectivity index (χ3n) is 5.49. The molecule has 2 rings (SSSR count). The van der Waals surface area contributed by atoms with Crippen LogP contribution in [0.3, 0.4) is 0 Å². The van der Waals surface area contributed by atoms with Crippen LogP contribution in [0.2, 0.25) is 0 Å². The van der Waals surface area contributed by atoms with E-state index in [0.29, 0.717) is 24.3 Å². The van der Waals surface area contributed by atoms with Gasteiger partial charge in [0, 0.05) is 18.3 Å². The number of carbonyl (C=O) groups is 1. The minimum atomic E-state index is -0.343. The first-order valence-corrected chi connectivity index (χ1v) is 11.5. The molecule has 172 valence electrons. The molecule has 0 saturated heterocycles. The molecular weight excluding hydrogens is 398 g/mol. The zero-order valence-electron chi connectivity index (χ0n) is 19.9. The third kappa shape index (κ3) is 7.74. The molecule has 1 heterocycles. The molecule has 0 aliphatic heterocycles. The van der Waals surface area contributed by atoms with Gasteiger partial charge in [-0.3, -0.25) is 14.7 Å². The molecule has 5 nitrogen and oxygen atoms in total. The van der Waals surface area contributed by atoms with Crippen molar-refractivity contribution < 1.29 is 9.53 Å². The predicted octanol–water partition coefficient (Wildman–Crippen LogP) is 5.62. The summed E-state index contributed by atoms with van der Waals surface area (Å²) in [6.45, 7) is 15.8. The summed E-state index contributed by atoms with van der Waals surface area (Å²) in [4.78, 5) is 19.9. The van der Waals surface area contributed by atoms with E-state index in [4.69, 9.17) is 4.74 Å². The number of nitrogens with one attached hydrogen (secondary N) is 1. The van der Waals surface area contributed by atoms with Gasteiger partial charge in [0.05, 0.1) is 24.6 Å². The van der Waals surface area contributed by atoms with E-state index < -0.39 is 0 Å². The summed E-state index contributed by atoms with van der Waals surface area (Å²) in [5, 5.41) is 2.99. The van der Waals surface area contributed by atoms with Crippen LogP contribution < -0.4 is 5.32 Å². The maximum atomic E-state index is 13.4. The smallest absolute Gasteiger partial charge is 0.254 e. The summed E-state index contributed by atoms with van der Waals surface area (Å²) in [6, 6.07) is 13.7. The molecule has 0 saturated carbocycles. The number of ether oxygens (including phenoxy) is 1. The van der Waals surface area contributed by atoms with Crippen LogP contribution in [-0.4, -0.2) is 41.5 Å². The number of hydrogen-bond acceptors (Lipinski definition) is 4. The second-order valence-electron chi connectivity index (χ2n) is 7.90. The summed E-state index contributed by atoms with van der Waals surface area (Å²) in [6.07, 6.45) is 4.75. The van der Waals surface area contributed by atoms with Gasteiger partial charge in [-0.15, -0.1) is 0 Å². The molecule has 1 atom stereocenters. The lowest BCUT2D eigenvalue weighted by Crippen LogP contribution is -2.30. The maximum absolute atomic E-state index is 13.4. The molecule has 1 amide bonds. The fourth-order valence-electron chi connectivity index (χ4n) is 3.61. The number of aromatic nitrogens is 1. The molecule has 0 aliphatic carbocycles. The van der Waals surface area contributed by atoms with Gasteiger partial charge in [0.1, 0.15) is 0 Å². The van der Waals surface area contributed by atoms with E-state index in [2.05, 4.69) is 35.6 Å². The Morgan fingerprint density at radius 1 is 1.16 bits per heavy atom. The topological polar surface area (TPSA) is 54.5 Å². The Bertz CT molecular complexity index is 878. The zero-order chi connectivity index (χ0) is 23.3. The van der Waals surface area contributed by atoms with Crippen LogP contribution in [0.25, 0.3) is 0 Å². The highest BCUT2D eigenvalue weighted by Gasteiger charge is 2.25. The van der Waals surface area contributed by atoms with Crippen molar-refractivity contribution in [1.29, 1.82) is 0 Å². The van der Waals surface area contributed by atoms with E-state index >= 15 is 0 Å². The van der Waals surface area contributed by atoms with Crippen LogP contribution in [0.4, 0.5) is 5.69 Å². The second kappa shape index (κ2) is 13.6. The minimum absolute atomic E-state index is 0.171. The Labute approximate surface area is 193 Å². The highest BCUT2D eigenvalue weighted by molar-refractivity contribution is 6.05. The van der Waals surface area contributed by atoms with Crippen molar-refractivity contribution in [3.63, 3.8) is 0 Å². The Morgan fingerprint density at radius 2 is 1.91 bits per heavy atom. The van der Waals surface area contributed by atoms with E-state index in [1.807, 2.05) is 50.2 Å². The Balaban J connectivity index is 2.31. The van der Waals surface area contributed by atoms with Crippen molar-refractivity contribution in [2.24, 2.45) is 0 Å². The molecule has 0 radical (unpaired) electrons. The molecule has 1 unspecified atom stereocenters. The summed E-state index contributed by atoms with van der Waals surface area (Å²) >= 11 is 0. The van der Waals surface area contributed by atoms with Gasteiger partial charge in [-0.25, -0.2) is 0 Å². The highest BCUT2D eigenvalue weighted by Crippen LogP contribution is 2.24. The quantitative estimate of drug-likeness (QED) is 0.328. The first-order valence-electron chi connectivity index (χ1n) is 11.5. The van der Waals surface area contributed by atoms with Crippen molar-refractivity contribution in [3.8, 4) is 0 Å². The van der Waals surface area contributed by atoms with Crippen molar-refractivity contribution in [1.82, 2.24) is 9.88 Å². The number of carbonyl (C=O) groups excluding carboxylic acids is 1. The molecule has 1 aromatic heterocycles. The molecular formula is C27H37N3O2. The normalized spacial score (nSPS) is 12.9. The Hall–Kier alpha value is -2.76. The second-order valence-corrected chi connectivity index (χ2v) is 7.90. The number of rotatable bonds is 13. The molecule has 1 aromatic carbocycles. The lowest BCUT2D eigenvalue weighted by atomic mass is 9.95. The summed E-state index contributed by atoms with van der Waals surface area (Å²) in [7, 11) is 0. The number of anilines is 1. The van der Waals surface area contributed by atoms with Crippen molar-refractivity contribution in [2.75, 3.05) is 25.0 Å². The molecule has 1 N–H and O–H groups in total. The fourth-order valence-corrected chi connectivity index (χ4v) is 3.61. The zero-order valence-corrected chi connectivity index (χ0v) is 19.9. The lowest BCUT2D eigenvalue weighted by molar-refractivity contribution is -0.114. The van der Waals surface area contributed by atoms with Crippen LogP contribution in [0.5, 0.6) is 0 Å². The van der Waals surface area contributed by atoms with Gasteiger partial charge in [-0.05, 0) is 61.7 Å². The standard InChI is InChI=1S/C27H37N3O2/c1-6-17-30(8-3)19-21(4)22(5)26(27(31)29-24-15-12-16-28-18-24)25(7-2)32-20-23-13-10-9-11-14-23/h9-16,18,25H,4,6-8,17,19-20H2,1-3,5H3,(H,29,31). The van der Waals surface area contributed by atoms with Gasteiger partial charge >= 0.3 is 0 Å². The molecule has 0 aliphatic rings. The largest absolute Gasteiger partial charge is 0.369 e. The number of amides is 1. The Morgan fingerprint density at radius 3 is 2.50 bits per heavy atom. The molecule has 2 aromatic rings. The van der Waals surface area contributed by atoms with Gasteiger partial charge < -0.3 is 10.1 Å². The van der Waals surface area contributed by atoms with Crippen LogP contribution in [0.1, 0.15) is 46.1 Å². The van der Waals surface area contributed by atoms with Gasteiger partial charge in [0.2, 0.25) is 0 Å².